The first-order valence-electron chi connectivity index (χ1n) is 8.04. The molecule has 0 aromatic heterocycles. The number of nitrogens with zero attached hydrogens (tertiary/aromatic N) is 1. The van der Waals surface area contributed by atoms with Gasteiger partial charge in [0, 0.05) is 19.1 Å². The van der Waals surface area contributed by atoms with Crippen molar-refractivity contribution in [2.45, 2.75) is 71.4 Å². The lowest BCUT2D eigenvalue weighted by molar-refractivity contribution is -0.00131. The van der Waals surface area contributed by atoms with Crippen LogP contribution in [0.4, 0.5) is 0 Å². The molecule has 0 radical (unpaired) electrons. The zero-order valence-electron chi connectivity index (χ0n) is 12.4. The van der Waals surface area contributed by atoms with Gasteiger partial charge in [-0.2, -0.15) is 0 Å². The molecule has 1 N–H and O–H groups in total. The van der Waals surface area contributed by atoms with E-state index in [0.717, 1.165) is 24.8 Å². The van der Waals surface area contributed by atoms with E-state index in [1.807, 2.05) is 0 Å². The third kappa shape index (κ3) is 3.27. The van der Waals surface area contributed by atoms with Crippen molar-refractivity contribution < 1.29 is 5.11 Å². The zero-order chi connectivity index (χ0) is 13.1. The predicted molar refractivity (Wildman–Crippen MR) is 76.6 cm³/mol. The minimum absolute atomic E-state index is 0.141. The van der Waals surface area contributed by atoms with Crippen LogP contribution in [-0.4, -0.2) is 35.2 Å². The Morgan fingerprint density at radius 3 is 2.56 bits per heavy atom. The third-order valence-corrected chi connectivity index (χ3v) is 5.53. The Balaban J connectivity index is 1.88. The van der Waals surface area contributed by atoms with Crippen molar-refractivity contribution >= 4 is 0 Å². The summed E-state index contributed by atoms with van der Waals surface area (Å²) < 4.78 is 0. The molecule has 2 rings (SSSR count). The van der Waals surface area contributed by atoms with Crippen molar-refractivity contribution in [2.24, 2.45) is 17.8 Å². The summed E-state index contributed by atoms with van der Waals surface area (Å²) in [4.78, 5) is 2.56. The smallest absolute Gasteiger partial charge is 0.0692 e. The maximum Gasteiger partial charge on any atom is 0.0692 e. The molecule has 1 saturated heterocycles. The number of likely N-dealkylation sites (tertiary alicyclic amines) is 1. The summed E-state index contributed by atoms with van der Waals surface area (Å²) in [5, 5.41) is 10.2. The van der Waals surface area contributed by atoms with E-state index in [2.05, 4.69) is 25.7 Å². The van der Waals surface area contributed by atoms with Gasteiger partial charge in [-0.05, 0) is 37.5 Å². The molecule has 18 heavy (non-hydrogen) atoms. The van der Waals surface area contributed by atoms with Crippen LogP contribution in [0.5, 0.6) is 0 Å². The summed E-state index contributed by atoms with van der Waals surface area (Å²) in [5.74, 6) is 2.33. The Hall–Kier alpha value is -0.0800. The summed E-state index contributed by atoms with van der Waals surface area (Å²) in [6, 6.07) is 0.669. The fourth-order valence-corrected chi connectivity index (χ4v) is 3.85. The topological polar surface area (TPSA) is 23.5 Å². The van der Waals surface area contributed by atoms with Gasteiger partial charge in [0.05, 0.1) is 6.10 Å². The molecule has 0 unspecified atom stereocenters. The Bertz CT molecular complexity index is 253. The van der Waals surface area contributed by atoms with Crippen molar-refractivity contribution in [3.8, 4) is 0 Å². The molecule has 5 atom stereocenters. The molecule has 106 valence electrons. The van der Waals surface area contributed by atoms with Crippen LogP contribution in [0.1, 0.15) is 59.3 Å². The number of rotatable bonds is 4. The molecule has 0 aromatic carbocycles. The van der Waals surface area contributed by atoms with E-state index in [1.54, 1.807) is 0 Å². The minimum atomic E-state index is -0.141. The van der Waals surface area contributed by atoms with E-state index in [0.29, 0.717) is 12.0 Å². The van der Waals surface area contributed by atoms with Gasteiger partial charge in [-0.1, -0.05) is 39.5 Å². The molecule has 2 nitrogen and oxygen atoms in total. The highest BCUT2D eigenvalue weighted by Gasteiger charge is 2.35. The van der Waals surface area contributed by atoms with Gasteiger partial charge in [-0.3, -0.25) is 4.90 Å². The lowest BCUT2D eigenvalue weighted by Gasteiger charge is -2.46. The summed E-state index contributed by atoms with van der Waals surface area (Å²) in [6.45, 7) is 8.82. The van der Waals surface area contributed by atoms with Gasteiger partial charge in [0.25, 0.3) is 0 Å². The molecule has 1 aliphatic heterocycles. The molecule has 0 spiro atoms. The average Bonchev–Trinajstić information content (AvgIpc) is 2.38. The van der Waals surface area contributed by atoms with Crippen LogP contribution in [0, 0.1) is 17.8 Å². The monoisotopic (exact) mass is 253 g/mol. The molecule has 2 aliphatic rings. The molecule has 0 amide bonds. The third-order valence-electron chi connectivity index (χ3n) is 5.53. The highest BCUT2D eigenvalue weighted by atomic mass is 16.3. The second-order valence-corrected chi connectivity index (χ2v) is 6.80. The number of piperidine rings is 1. The molecular formula is C16H31NO. The standard InChI is InChI=1S/C16H31NO/c1-4-12(2)16(18)11-17-10-15-8-6-5-7-14(15)9-13(17)3/h12-16,18H,4-11H2,1-3H3/t12-,13+,14-,15+,16+/m0/s1. The number of β-amino-alcohol motifs (C(OH)–C–C–N with tert-alkyl or cyclic N) is 1. The Morgan fingerprint density at radius 2 is 1.89 bits per heavy atom. The Labute approximate surface area is 113 Å². The van der Waals surface area contributed by atoms with Crippen LogP contribution in [-0.2, 0) is 0 Å². The second kappa shape index (κ2) is 6.38. The summed E-state index contributed by atoms with van der Waals surface area (Å²) in [5.41, 5.74) is 0. The number of hydrogen-bond acceptors (Lipinski definition) is 2. The minimum Gasteiger partial charge on any atom is -0.392 e. The zero-order valence-corrected chi connectivity index (χ0v) is 12.4. The number of aliphatic hydroxyl groups excluding tert-OH is 1. The molecule has 1 heterocycles. The van der Waals surface area contributed by atoms with E-state index in [9.17, 15) is 5.11 Å². The molecule has 0 bridgehead atoms. The van der Waals surface area contributed by atoms with E-state index in [4.69, 9.17) is 0 Å². The van der Waals surface area contributed by atoms with Crippen LogP contribution in [0.15, 0.2) is 0 Å². The molecule has 0 aromatic rings. The van der Waals surface area contributed by atoms with Crippen molar-refractivity contribution in [1.29, 1.82) is 0 Å². The maximum absolute atomic E-state index is 10.2. The van der Waals surface area contributed by atoms with Crippen molar-refractivity contribution in [1.82, 2.24) is 4.90 Å². The van der Waals surface area contributed by atoms with E-state index < -0.39 is 0 Å². The fraction of sp³-hybridized carbons (Fsp3) is 1.00. The van der Waals surface area contributed by atoms with Gasteiger partial charge < -0.3 is 5.11 Å². The highest BCUT2D eigenvalue weighted by Crippen LogP contribution is 2.38. The molecule has 1 aliphatic carbocycles. The van der Waals surface area contributed by atoms with Crippen molar-refractivity contribution in [2.75, 3.05) is 13.1 Å². The van der Waals surface area contributed by atoms with Gasteiger partial charge in [0.15, 0.2) is 0 Å². The quantitative estimate of drug-likeness (QED) is 0.831. The SMILES string of the molecule is CC[C@H](C)[C@H](O)CN1C[C@H]2CCCC[C@H]2C[C@H]1C. The summed E-state index contributed by atoms with van der Waals surface area (Å²) >= 11 is 0. The van der Waals surface area contributed by atoms with Gasteiger partial charge in [0.1, 0.15) is 0 Å². The largest absolute Gasteiger partial charge is 0.392 e. The van der Waals surface area contributed by atoms with Crippen LogP contribution < -0.4 is 0 Å². The first-order valence-corrected chi connectivity index (χ1v) is 8.04. The molecule has 1 saturated carbocycles. The molecular weight excluding hydrogens is 222 g/mol. The normalized spacial score (nSPS) is 37.0. The second-order valence-electron chi connectivity index (χ2n) is 6.80. The van der Waals surface area contributed by atoms with Gasteiger partial charge in [-0.25, -0.2) is 0 Å². The highest BCUT2D eigenvalue weighted by molar-refractivity contribution is 4.88. The number of aliphatic hydroxyl groups is 1. The van der Waals surface area contributed by atoms with Gasteiger partial charge in [0.2, 0.25) is 0 Å². The van der Waals surface area contributed by atoms with Gasteiger partial charge >= 0.3 is 0 Å². The summed E-state index contributed by atoms with van der Waals surface area (Å²) in [7, 11) is 0. The van der Waals surface area contributed by atoms with Crippen molar-refractivity contribution in [3.05, 3.63) is 0 Å². The van der Waals surface area contributed by atoms with E-state index >= 15 is 0 Å². The number of fused-ring (bicyclic) bond motifs is 1. The van der Waals surface area contributed by atoms with Crippen LogP contribution in [0.2, 0.25) is 0 Å². The van der Waals surface area contributed by atoms with Crippen LogP contribution in [0.3, 0.4) is 0 Å². The lowest BCUT2D eigenvalue weighted by Crippen LogP contribution is -2.50. The van der Waals surface area contributed by atoms with Crippen LogP contribution in [0.25, 0.3) is 0 Å². The molecule has 2 fully saturated rings. The first-order chi connectivity index (χ1) is 8.61. The van der Waals surface area contributed by atoms with Crippen molar-refractivity contribution in [3.63, 3.8) is 0 Å². The fourth-order valence-electron chi connectivity index (χ4n) is 3.85. The van der Waals surface area contributed by atoms with E-state index in [1.165, 1.54) is 38.6 Å². The summed E-state index contributed by atoms with van der Waals surface area (Å²) in [6.07, 6.45) is 8.05. The Morgan fingerprint density at radius 1 is 1.22 bits per heavy atom. The lowest BCUT2D eigenvalue weighted by atomic mass is 9.73. The predicted octanol–water partition coefficient (Wildman–Crippen LogP) is 3.29. The van der Waals surface area contributed by atoms with E-state index in [-0.39, 0.29) is 6.10 Å². The van der Waals surface area contributed by atoms with Crippen LogP contribution >= 0.6 is 0 Å². The Kier molecular flexibility index (Phi) is 5.08. The first kappa shape index (κ1) is 14.3. The average molecular weight is 253 g/mol. The maximum atomic E-state index is 10.2. The molecule has 2 heteroatoms. The number of hydrogen-bond donors (Lipinski definition) is 1. The van der Waals surface area contributed by atoms with Gasteiger partial charge in [-0.15, -0.1) is 0 Å².